The van der Waals surface area contributed by atoms with Crippen LogP contribution < -0.4 is 5.32 Å². The molecular formula is C15H23BrN2S. The summed E-state index contributed by atoms with van der Waals surface area (Å²) in [6, 6.07) is 5.08. The molecule has 1 aliphatic carbocycles. The van der Waals surface area contributed by atoms with Crippen LogP contribution in [-0.4, -0.2) is 29.6 Å². The summed E-state index contributed by atoms with van der Waals surface area (Å²) in [5, 5.41) is 3.72. The fourth-order valence-electron chi connectivity index (χ4n) is 3.62. The van der Waals surface area contributed by atoms with Crippen LogP contribution in [0.1, 0.15) is 43.9 Å². The normalized spacial score (nSPS) is 27.8. The molecule has 106 valence electrons. The second-order valence-electron chi connectivity index (χ2n) is 6.15. The van der Waals surface area contributed by atoms with Gasteiger partial charge in [0.2, 0.25) is 0 Å². The second kappa shape index (κ2) is 5.84. The standard InChI is InChI=1S/C15H23BrN2S/c1-12-9-18(10-13-5-6-14(16)19-13)15(11-17-12)7-3-2-4-8-15/h5-6,12,17H,2-4,7-11H2,1H3. The van der Waals surface area contributed by atoms with Crippen LogP contribution >= 0.6 is 27.3 Å². The maximum atomic E-state index is 3.72. The number of nitrogens with one attached hydrogen (secondary N) is 1. The summed E-state index contributed by atoms with van der Waals surface area (Å²) in [7, 11) is 0. The maximum absolute atomic E-state index is 3.72. The molecule has 0 amide bonds. The lowest BCUT2D eigenvalue weighted by atomic mass is 9.78. The zero-order valence-corrected chi connectivity index (χ0v) is 14.0. The Bertz CT molecular complexity index is 426. The number of thiophene rings is 1. The van der Waals surface area contributed by atoms with Crippen molar-refractivity contribution in [3.63, 3.8) is 0 Å². The van der Waals surface area contributed by atoms with Crippen LogP contribution in [-0.2, 0) is 6.54 Å². The Hall–Kier alpha value is 0.1000. The van der Waals surface area contributed by atoms with Crippen molar-refractivity contribution in [3.8, 4) is 0 Å². The molecule has 1 aliphatic heterocycles. The molecule has 1 atom stereocenters. The fraction of sp³-hybridized carbons (Fsp3) is 0.733. The zero-order valence-electron chi connectivity index (χ0n) is 11.6. The molecule has 1 unspecified atom stereocenters. The van der Waals surface area contributed by atoms with E-state index in [4.69, 9.17) is 0 Å². The predicted molar refractivity (Wildman–Crippen MR) is 85.7 cm³/mol. The van der Waals surface area contributed by atoms with Crippen molar-refractivity contribution >= 4 is 27.3 Å². The quantitative estimate of drug-likeness (QED) is 0.873. The van der Waals surface area contributed by atoms with Gasteiger partial charge in [-0.1, -0.05) is 19.3 Å². The van der Waals surface area contributed by atoms with E-state index in [0.29, 0.717) is 11.6 Å². The van der Waals surface area contributed by atoms with Gasteiger partial charge in [0.25, 0.3) is 0 Å². The van der Waals surface area contributed by atoms with Gasteiger partial charge in [0.1, 0.15) is 0 Å². The monoisotopic (exact) mass is 342 g/mol. The molecule has 1 spiro atoms. The molecule has 4 heteroatoms. The molecule has 1 saturated carbocycles. The van der Waals surface area contributed by atoms with Crippen molar-refractivity contribution in [1.29, 1.82) is 0 Å². The lowest BCUT2D eigenvalue weighted by molar-refractivity contribution is 0.00692. The van der Waals surface area contributed by atoms with Gasteiger partial charge < -0.3 is 5.32 Å². The lowest BCUT2D eigenvalue weighted by Crippen LogP contribution is -2.64. The van der Waals surface area contributed by atoms with Crippen molar-refractivity contribution < 1.29 is 0 Å². The van der Waals surface area contributed by atoms with Crippen LogP contribution in [0.5, 0.6) is 0 Å². The minimum absolute atomic E-state index is 0.432. The largest absolute Gasteiger partial charge is 0.311 e. The highest BCUT2D eigenvalue weighted by Crippen LogP contribution is 2.37. The van der Waals surface area contributed by atoms with Crippen molar-refractivity contribution in [2.24, 2.45) is 0 Å². The number of halogens is 1. The molecular weight excluding hydrogens is 320 g/mol. The Morgan fingerprint density at radius 3 is 2.84 bits per heavy atom. The van der Waals surface area contributed by atoms with Gasteiger partial charge in [0, 0.05) is 36.1 Å². The highest BCUT2D eigenvalue weighted by Gasteiger charge is 2.41. The van der Waals surface area contributed by atoms with Gasteiger partial charge in [-0.15, -0.1) is 11.3 Å². The number of nitrogens with zero attached hydrogens (tertiary/aromatic N) is 1. The summed E-state index contributed by atoms with van der Waals surface area (Å²) in [6.45, 7) is 5.81. The van der Waals surface area contributed by atoms with E-state index in [-0.39, 0.29) is 0 Å². The molecule has 1 aromatic heterocycles. The van der Waals surface area contributed by atoms with E-state index in [1.807, 2.05) is 11.3 Å². The molecule has 1 N–H and O–H groups in total. The number of hydrogen-bond donors (Lipinski definition) is 1. The first-order valence-corrected chi connectivity index (χ1v) is 9.02. The first kappa shape index (κ1) is 14.1. The summed E-state index contributed by atoms with van der Waals surface area (Å²) in [4.78, 5) is 4.26. The molecule has 0 bridgehead atoms. The predicted octanol–water partition coefficient (Wildman–Crippen LogP) is 4.01. The molecule has 1 aromatic rings. The molecule has 0 radical (unpaired) electrons. The van der Waals surface area contributed by atoms with Crippen molar-refractivity contribution in [2.45, 2.75) is 57.2 Å². The molecule has 3 rings (SSSR count). The van der Waals surface area contributed by atoms with Gasteiger partial charge in [0.15, 0.2) is 0 Å². The minimum atomic E-state index is 0.432. The van der Waals surface area contributed by atoms with Gasteiger partial charge in [-0.3, -0.25) is 4.90 Å². The second-order valence-corrected chi connectivity index (χ2v) is 8.70. The molecule has 0 aromatic carbocycles. The smallest absolute Gasteiger partial charge is 0.0701 e. The van der Waals surface area contributed by atoms with Crippen molar-refractivity contribution in [2.75, 3.05) is 13.1 Å². The maximum Gasteiger partial charge on any atom is 0.0701 e. The third-order valence-electron chi connectivity index (χ3n) is 4.70. The molecule has 2 nitrogen and oxygen atoms in total. The Morgan fingerprint density at radius 1 is 1.37 bits per heavy atom. The van der Waals surface area contributed by atoms with Crippen molar-refractivity contribution in [1.82, 2.24) is 10.2 Å². The summed E-state index contributed by atoms with van der Waals surface area (Å²) >= 11 is 5.47. The molecule has 2 heterocycles. The topological polar surface area (TPSA) is 15.3 Å². The van der Waals surface area contributed by atoms with Gasteiger partial charge >= 0.3 is 0 Å². The summed E-state index contributed by atoms with van der Waals surface area (Å²) in [5.74, 6) is 0. The first-order valence-electron chi connectivity index (χ1n) is 7.41. The van der Waals surface area contributed by atoms with E-state index in [0.717, 1.165) is 6.54 Å². The minimum Gasteiger partial charge on any atom is -0.311 e. The van der Waals surface area contributed by atoms with E-state index in [1.165, 1.54) is 53.9 Å². The third kappa shape index (κ3) is 3.07. The Balaban J connectivity index is 1.77. The lowest BCUT2D eigenvalue weighted by Gasteiger charge is -2.51. The molecule has 2 fully saturated rings. The van der Waals surface area contributed by atoms with E-state index < -0.39 is 0 Å². The highest BCUT2D eigenvalue weighted by atomic mass is 79.9. The number of piperazine rings is 1. The average Bonchev–Trinajstić information content (AvgIpc) is 2.81. The van der Waals surface area contributed by atoms with E-state index >= 15 is 0 Å². The van der Waals surface area contributed by atoms with Crippen LogP contribution in [0, 0.1) is 0 Å². The fourth-order valence-corrected chi connectivity index (χ4v) is 5.12. The average molecular weight is 343 g/mol. The number of hydrogen-bond acceptors (Lipinski definition) is 3. The van der Waals surface area contributed by atoms with Crippen molar-refractivity contribution in [3.05, 3.63) is 20.8 Å². The zero-order chi connectivity index (χ0) is 13.3. The van der Waals surface area contributed by atoms with Crippen LogP contribution in [0.2, 0.25) is 0 Å². The number of rotatable bonds is 2. The first-order chi connectivity index (χ1) is 9.18. The van der Waals surface area contributed by atoms with Crippen LogP contribution in [0.25, 0.3) is 0 Å². The van der Waals surface area contributed by atoms with Gasteiger partial charge in [0.05, 0.1) is 3.79 Å². The Morgan fingerprint density at radius 2 is 2.16 bits per heavy atom. The van der Waals surface area contributed by atoms with Gasteiger partial charge in [-0.25, -0.2) is 0 Å². The van der Waals surface area contributed by atoms with E-state index in [1.54, 1.807) is 0 Å². The van der Waals surface area contributed by atoms with Gasteiger partial charge in [-0.2, -0.15) is 0 Å². The van der Waals surface area contributed by atoms with Gasteiger partial charge in [-0.05, 0) is 47.8 Å². The molecule has 2 aliphatic rings. The molecule has 1 saturated heterocycles. The summed E-state index contributed by atoms with van der Waals surface area (Å²) in [5.41, 5.74) is 0.432. The summed E-state index contributed by atoms with van der Waals surface area (Å²) < 4.78 is 1.25. The van der Waals surface area contributed by atoms with Crippen LogP contribution in [0.15, 0.2) is 15.9 Å². The molecule has 19 heavy (non-hydrogen) atoms. The van der Waals surface area contributed by atoms with Crippen LogP contribution in [0.4, 0.5) is 0 Å². The highest BCUT2D eigenvalue weighted by molar-refractivity contribution is 9.11. The van der Waals surface area contributed by atoms with Crippen LogP contribution in [0.3, 0.4) is 0 Å². The van der Waals surface area contributed by atoms with E-state index in [9.17, 15) is 0 Å². The third-order valence-corrected chi connectivity index (χ3v) is 6.31. The summed E-state index contributed by atoms with van der Waals surface area (Å²) in [6.07, 6.45) is 6.98. The van der Waals surface area contributed by atoms with E-state index in [2.05, 4.69) is 45.2 Å². The Labute approximate surface area is 128 Å². The Kier molecular flexibility index (Phi) is 4.32. The SMILES string of the molecule is CC1CN(Cc2ccc(Br)s2)C2(CCCCC2)CN1.